The highest BCUT2D eigenvalue weighted by Gasteiger charge is 2.58. The first-order valence-electron chi connectivity index (χ1n) is 9.62. The summed E-state index contributed by atoms with van der Waals surface area (Å²) in [7, 11) is -4.47. The first-order valence-corrected chi connectivity index (χ1v) is 11.1. The molecule has 31 heavy (non-hydrogen) atoms. The summed E-state index contributed by atoms with van der Waals surface area (Å²) >= 11 is 0. The second kappa shape index (κ2) is 9.21. The van der Waals surface area contributed by atoms with Crippen molar-refractivity contribution in [3.05, 3.63) is 102 Å². The Labute approximate surface area is 180 Å². The molecule has 1 atom stereocenters. The Kier molecular flexibility index (Phi) is 6.83. The highest BCUT2D eigenvalue weighted by molar-refractivity contribution is 7.89. The first kappa shape index (κ1) is 23.0. The number of rotatable bonds is 8. The number of nitrogens with one attached hydrogen (secondary N) is 2. The van der Waals surface area contributed by atoms with Gasteiger partial charge in [0.15, 0.2) is 5.54 Å². The molecule has 4 nitrogen and oxygen atoms in total. The zero-order chi connectivity index (χ0) is 22.5. The molecule has 0 saturated carbocycles. The van der Waals surface area contributed by atoms with Gasteiger partial charge in [-0.1, -0.05) is 78.4 Å². The van der Waals surface area contributed by atoms with E-state index in [4.69, 9.17) is 0 Å². The van der Waals surface area contributed by atoms with Crippen LogP contribution in [0.5, 0.6) is 0 Å². The second-order valence-corrected chi connectivity index (χ2v) is 8.96. The number of hydrogen-bond acceptors (Lipinski definition) is 3. The van der Waals surface area contributed by atoms with Gasteiger partial charge in [-0.25, -0.2) is 8.42 Å². The standard InChI is InChI=1S/C23H23F3N2O2S/c1-18-12-14-21(15-13-18)31(29,30)28-22(23(24,25)26,20-10-6-3-7-11-20)17-27-16-19-8-4-2-5-9-19/h2-15,27-28H,16-17H2,1H3. The maximum atomic E-state index is 14.5. The molecule has 1 unspecified atom stereocenters. The Morgan fingerprint density at radius 3 is 1.90 bits per heavy atom. The minimum Gasteiger partial charge on any atom is -0.310 e. The van der Waals surface area contributed by atoms with E-state index in [1.54, 1.807) is 49.4 Å². The molecule has 3 aromatic rings. The summed E-state index contributed by atoms with van der Waals surface area (Å²) in [4.78, 5) is -0.231. The number of halogens is 3. The van der Waals surface area contributed by atoms with Crippen molar-refractivity contribution in [3.63, 3.8) is 0 Å². The van der Waals surface area contributed by atoms with Gasteiger partial charge in [0.25, 0.3) is 0 Å². The third kappa shape index (κ3) is 5.33. The molecule has 8 heteroatoms. The maximum Gasteiger partial charge on any atom is 0.412 e. The minimum absolute atomic E-state index is 0.151. The molecule has 0 amide bonds. The van der Waals surface area contributed by atoms with Crippen LogP contribution < -0.4 is 10.0 Å². The van der Waals surface area contributed by atoms with Crippen LogP contribution >= 0.6 is 0 Å². The van der Waals surface area contributed by atoms with Crippen LogP contribution in [0.4, 0.5) is 13.2 Å². The van der Waals surface area contributed by atoms with Gasteiger partial charge in [0, 0.05) is 13.1 Å². The van der Waals surface area contributed by atoms with E-state index in [0.717, 1.165) is 11.1 Å². The highest BCUT2D eigenvalue weighted by Crippen LogP contribution is 2.40. The number of sulfonamides is 1. The average Bonchev–Trinajstić information content (AvgIpc) is 2.74. The number of alkyl halides is 3. The molecule has 3 aromatic carbocycles. The molecular weight excluding hydrogens is 425 g/mol. The molecule has 0 fully saturated rings. The molecule has 0 aromatic heterocycles. The van der Waals surface area contributed by atoms with E-state index in [-0.39, 0.29) is 17.0 Å². The van der Waals surface area contributed by atoms with Crippen molar-refractivity contribution in [2.24, 2.45) is 0 Å². The summed E-state index contributed by atoms with van der Waals surface area (Å²) < 4.78 is 71.5. The predicted octanol–water partition coefficient (Wildman–Crippen LogP) is 4.52. The average molecular weight is 449 g/mol. The summed E-state index contributed by atoms with van der Waals surface area (Å²) in [5, 5.41) is 2.78. The minimum atomic E-state index is -4.91. The van der Waals surface area contributed by atoms with Crippen molar-refractivity contribution in [3.8, 4) is 0 Å². The number of benzene rings is 3. The molecule has 0 aliphatic carbocycles. The molecule has 0 saturated heterocycles. The normalized spacial score (nSPS) is 14.2. The Bertz CT molecular complexity index is 1090. The SMILES string of the molecule is Cc1ccc(S(=O)(=O)NC(CNCc2ccccc2)(c2ccccc2)C(F)(F)F)cc1. The van der Waals surface area contributed by atoms with E-state index < -0.39 is 28.3 Å². The quantitative estimate of drug-likeness (QED) is 0.533. The summed E-state index contributed by atoms with van der Waals surface area (Å²) in [6.07, 6.45) is -4.91. The van der Waals surface area contributed by atoms with Crippen LogP contribution in [0, 0.1) is 6.92 Å². The Balaban J connectivity index is 2.00. The van der Waals surface area contributed by atoms with Crippen LogP contribution in [0.1, 0.15) is 16.7 Å². The molecular formula is C23H23F3N2O2S. The van der Waals surface area contributed by atoms with Gasteiger partial charge in [-0.3, -0.25) is 0 Å². The number of aryl methyl sites for hydroxylation is 1. The lowest BCUT2D eigenvalue weighted by molar-refractivity contribution is -0.193. The maximum absolute atomic E-state index is 14.5. The Hall–Kier alpha value is -2.68. The van der Waals surface area contributed by atoms with Crippen LogP contribution in [-0.2, 0) is 22.1 Å². The lowest BCUT2D eigenvalue weighted by Gasteiger charge is -2.37. The van der Waals surface area contributed by atoms with E-state index in [1.165, 1.54) is 36.4 Å². The van der Waals surface area contributed by atoms with Crippen molar-refractivity contribution in [1.29, 1.82) is 0 Å². The summed E-state index contributed by atoms with van der Waals surface area (Å²) in [6, 6.07) is 21.6. The van der Waals surface area contributed by atoms with E-state index in [9.17, 15) is 21.6 Å². The Morgan fingerprint density at radius 1 is 0.806 bits per heavy atom. The van der Waals surface area contributed by atoms with Gasteiger partial charge in [-0.2, -0.15) is 17.9 Å². The smallest absolute Gasteiger partial charge is 0.310 e. The van der Waals surface area contributed by atoms with Gasteiger partial charge in [0.05, 0.1) is 4.90 Å². The molecule has 164 valence electrons. The molecule has 0 aliphatic rings. The van der Waals surface area contributed by atoms with Gasteiger partial charge in [-0.05, 0) is 30.2 Å². The zero-order valence-electron chi connectivity index (χ0n) is 16.9. The van der Waals surface area contributed by atoms with Crippen LogP contribution in [0.3, 0.4) is 0 Å². The molecule has 0 heterocycles. The predicted molar refractivity (Wildman–Crippen MR) is 114 cm³/mol. The molecule has 3 rings (SSSR count). The van der Waals surface area contributed by atoms with Crippen molar-refractivity contribution in [2.75, 3.05) is 6.54 Å². The van der Waals surface area contributed by atoms with Crippen LogP contribution in [0.25, 0.3) is 0 Å². The highest BCUT2D eigenvalue weighted by atomic mass is 32.2. The summed E-state index contributed by atoms with van der Waals surface area (Å²) in [6.45, 7) is 1.24. The lowest BCUT2D eigenvalue weighted by atomic mass is 9.90. The largest absolute Gasteiger partial charge is 0.412 e. The van der Waals surface area contributed by atoms with Gasteiger partial charge < -0.3 is 5.32 Å². The fourth-order valence-electron chi connectivity index (χ4n) is 3.24. The fourth-order valence-corrected chi connectivity index (χ4v) is 4.61. The molecule has 2 N–H and O–H groups in total. The van der Waals surface area contributed by atoms with E-state index in [2.05, 4.69) is 5.32 Å². The van der Waals surface area contributed by atoms with E-state index >= 15 is 0 Å². The van der Waals surface area contributed by atoms with Gasteiger partial charge in [-0.15, -0.1) is 0 Å². The monoisotopic (exact) mass is 448 g/mol. The van der Waals surface area contributed by atoms with Crippen molar-refractivity contribution in [1.82, 2.24) is 10.0 Å². The first-order chi connectivity index (χ1) is 14.6. The van der Waals surface area contributed by atoms with Crippen LogP contribution in [0.2, 0.25) is 0 Å². The van der Waals surface area contributed by atoms with Crippen molar-refractivity contribution >= 4 is 10.0 Å². The van der Waals surface area contributed by atoms with Gasteiger partial charge in [0.1, 0.15) is 0 Å². The van der Waals surface area contributed by atoms with E-state index in [1.807, 2.05) is 10.8 Å². The van der Waals surface area contributed by atoms with Crippen molar-refractivity contribution < 1.29 is 21.6 Å². The van der Waals surface area contributed by atoms with Gasteiger partial charge in [0.2, 0.25) is 10.0 Å². The topological polar surface area (TPSA) is 58.2 Å². The molecule has 0 spiro atoms. The van der Waals surface area contributed by atoms with Crippen LogP contribution in [0.15, 0.2) is 89.8 Å². The second-order valence-electron chi connectivity index (χ2n) is 7.28. The number of hydrogen-bond donors (Lipinski definition) is 2. The molecule has 0 aliphatic heterocycles. The third-order valence-electron chi connectivity index (χ3n) is 4.95. The molecule has 0 bridgehead atoms. The molecule has 0 radical (unpaired) electrons. The zero-order valence-corrected chi connectivity index (χ0v) is 17.7. The van der Waals surface area contributed by atoms with Crippen molar-refractivity contribution in [2.45, 2.75) is 30.1 Å². The van der Waals surface area contributed by atoms with Crippen LogP contribution in [-0.4, -0.2) is 21.1 Å². The summed E-state index contributed by atoms with van der Waals surface area (Å²) in [5.41, 5.74) is -1.47. The van der Waals surface area contributed by atoms with E-state index in [0.29, 0.717) is 0 Å². The summed E-state index contributed by atoms with van der Waals surface area (Å²) in [5.74, 6) is 0. The fraction of sp³-hybridized carbons (Fsp3) is 0.217. The lowest BCUT2D eigenvalue weighted by Crippen LogP contribution is -2.61. The van der Waals surface area contributed by atoms with Gasteiger partial charge >= 0.3 is 6.18 Å². The third-order valence-corrected chi connectivity index (χ3v) is 6.46. The Morgan fingerprint density at radius 2 is 1.35 bits per heavy atom.